The van der Waals surface area contributed by atoms with E-state index in [0.29, 0.717) is 11.4 Å². The fraction of sp³-hybridized carbons (Fsp3) is 0.571. The number of nitrogens with two attached hydrogens (primary N) is 1. The van der Waals surface area contributed by atoms with Gasteiger partial charge in [0.25, 0.3) is 0 Å². The Kier molecular flexibility index (Phi) is 5.44. The summed E-state index contributed by atoms with van der Waals surface area (Å²) in [5, 5.41) is 9.77. The predicted molar refractivity (Wildman–Crippen MR) is 72.7 cm³/mol. The van der Waals surface area contributed by atoms with Crippen LogP contribution in [0.2, 0.25) is 0 Å². The predicted octanol–water partition coefficient (Wildman–Crippen LogP) is 2.21. The molecule has 1 aromatic rings. The van der Waals surface area contributed by atoms with Crippen LogP contribution in [0, 0.1) is 0 Å². The number of hydrogen-bond donors (Lipinski definition) is 2. The molecule has 0 saturated heterocycles. The number of aliphatic hydroxyl groups is 1. The van der Waals surface area contributed by atoms with Crippen LogP contribution < -0.4 is 10.5 Å². The lowest BCUT2D eigenvalue weighted by molar-refractivity contribution is -0.0694. The minimum Gasteiger partial charge on any atom is -0.489 e. The molecule has 0 heterocycles. The third-order valence-corrected chi connectivity index (χ3v) is 2.87. The Hall–Kier alpha value is -1.26. The van der Waals surface area contributed by atoms with Gasteiger partial charge in [0.15, 0.2) is 0 Å². The second-order valence-corrected chi connectivity index (χ2v) is 4.93. The highest BCUT2D eigenvalue weighted by Gasteiger charge is 2.17. The van der Waals surface area contributed by atoms with Gasteiger partial charge in [0.05, 0.1) is 17.9 Å². The third kappa shape index (κ3) is 4.94. The molecule has 0 fully saturated rings. The van der Waals surface area contributed by atoms with Gasteiger partial charge in [-0.25, -0.2) is 0 Å². The van der Waals surface area contributed by atoms with Crippen molar-refractivity contribution in [3.8, 4) is 5.75 Å². The first-order chi connectivity index (χ1) is 8.44. The zero-order valence-corrected chi connectivity index (χ0v) is 11.3. The molecule has 0 bridgehead atoms. The van der Waals surface area contributed by atoms with Crippen LogP contribution >= 0.6 is 0 Å². The van der Waals surface area contributed by atoms with Gasteiger partial charge >= 0.3 is 0 Å². The van der Waals surface area contributed by atoms with Crippen molar-refractivity contribution in [1.29, 1.82) is 0 Å². The quantitative estimate of drug-likeness (QED) is 0.731. The molecule has 18 heavy (non-hydrogen) atoms. The maximum atomic E-state index is 9.77. The van der Waals surface area contributed by atoms with Gasteiger partial charge in [-0.3, -0.25) is 0 Å². The average molecular weight is 253 g/mol. The molecule has 0 aliphatic carbocycles. The van der Waals surface area contributed by atoms with Crippen molar-refractivity contribution in [3.63, 3.8) is 0 Å². The second kappa shape index (κ2) is 6.61. The molecule has 4 nitrogen and oxygen atoms in total. The van der Waals surface area contributed by atoms with Crippen LogP contribution in [0.25, 0.3) is 0 Å². The van der Waals surface area contributed by atoms with E-state index >= 15 is 0 Å². The zero-order chi connectivity index (χ0) is 13.6. The molecule has 0 aromatic heterocycles. The summed E-state index contributed by atoms with van der Waals surface area (Å²) in [5.74, 6) is 0.589. The van der Waals surface area contributed by atoms with Crippen LogP contribution in [0.5, 0.6) is 5.75 Å². The third-order valence-electron chi connectivity index (χ3n) is 2.87. The number of hydrogen-bond acceptors (Lipinski definition) is 4. The van der Waals surface area contributed by atoms with Crippen LogP contribution in [0.4, 0.5) is 5.69 Å². The Morgan fingerprint density at radius 3 is 2.56 bits per heavy atom. The first-order valence-electron chi connectivity index (χ1n) is 6.24. The number of aliphatic hydroxyl groups excluding tert-OH is 1. The summed E-state index contributed by atoms with van der Waals surface area (Å²) in [6, 6.07) is 7.22. The van der Waals surface area contributed by atoms with Crippen molar-refractivity contribution in [2.24, 2.45) is 0 Å². The van der Waals surface area contributed by atoms with Crippen LogP contribution in [0.1, 0.15) is 27.2 Å². The van der Waals surface area contributed by atoms with E-state index in [9.17, 15) is 5.11 Å². The van der Waals surface area contributed by atoms with E-state index in [1.807, 2.05) is 32.9 Å². The molecular formula is C14H23NO3. The van der Waals surface area contributed by atoms with Gasteiger partial charge in [-0.15, -0.1) is 0 Å². The topological polar surface area (TPSA) is 64.7 Å². The van der Waals surface area contributed by atoms with Crippen molar-refractivity contribution in [3.05, 3.63) is 24.3 Å². The van der Waals surface area contributed by atoms with Gasteiger partial charge in [0.2, 0.25) is 0 Å². The Morgan fingerprint density at radius 2 is 1.94 bits per heavy atom. The highest BCUT2D eigenvalue weighted by molar-refractivity contribution is 5.51. The van der Waals surface area contributed by atoms with Crippen molar-refractivity contribution in [2.45, 2.75) is 38.9 Å². The van der Waals surface area contributed by atoms with Gasteiger partial charge < -0.3 is 20.3 Å². The molecule has 0 spiro atoms. The highest BCUT2D eigenvalue weighted by atomic mass is 16.5. The number of nitrogen functional groups attached to an aromatic ring is 1. The van der Waals surface area contributed by atoms with E-state index in [2.05, 4.69) is 0 Å². The summed E-state index contributed by atoms with van der Waals surface area (Å²) in [5.41, 5.74) is 6.09. The fourth-order valence-electron chi connectivity index (χ4n) is 1.27. The first-order valence-corrected chi connectivity index (χ1v) is 6.24. The molecule has 0 aliphatic heterocycles. The molecule has 0 aliphatic rings. The van der Waals surface area contributed by atoms with E-state index < -0.39 is 6.10 Å². The lowest BCUT2D eigenvalue weighted by atomic mass is 10.1. The largest absolute Gasteiger partial charge is 0.489 e. The Morgan fingerprint density at radius 1 is 1.28 bits per heavy atom. The van der Waals surface area contributed by atoms with Crippen molar-refractivity contribution in [1.82, 2.24) is 0 Å². The summed E-state index contributed by atoms with van der Waals surface area (Å²) in [7, 11) is 0. The zero-order valence-electron chi connectivity index (χ0n) is 11.3. The Bertz CT molecular complexity index is 366. The highest BCUT2D eigenvalue weighted by Crippen LogP contribution is 2.20. The summed E-state index contributed by atoms with van der Waals surface area (Å²) in [6.07, 6.45) is 0.238. The maximum absolute atomic E-state index is 9.77. The molecule has 4 heteroatoms. The van der Waals surface area contributed by atoms with Gasteiger partial charge in [0, 0.05) is 0 Å². The number of rotatable bonds is 7. The molecule has 3 N–H and O–H groups in total. The average Bonchev–Trinajstić information content (AvgIpc) is 2.35. The summed E-state index contributed by atoms with van der Waals surface area (Å²) >= 11 is 0. The molecule has 0 saturated carbocycles. The maximum Gasteiger partial charge on any atom is 0.142 e. The molecule has 102 valence electrons. The number of para-hydroxylation sites is 2. The molecular weight excluding hydrogens is 230 g/mol. The minimum atomic E-state index is -0.657. The number of ether oxygens (including phenoxy) is 2. The monoisotopic (exact) mass is 253 g/mol. The minimum absolute atomic E-state index is 0.175. The van der Waals surface area contributed by atoms with E-state index in [4.69, 9.17) is 15.2 Å². The second-order valence-electron chi connectivity index (χ2n) is 4.93. The molecule has 1 aromatic carbocycles. The lowest BCUT2D eigenvalue weighted by Gasteiger charge is -2.25. The normalized spacial score (nSPS) is 13.3. The first kappa shape index (κ1) is 14.8. The summed E-state index contributed by atoms with van der Waals surface area (Å²) < 4.78 is 11.0. The fourth-order valence-corrected chi connectivity index (χ4v) is 1.27. The molecule has 1 unspecified atom stereocenters. The van der Waals surface area contributed by atoms with Crippen molar-refractivity contribution < 1.29 is 14.6 Å². The van der Waals surface area contributed by atoms with E-state index in [0.717, 1.165) is 6.42 Å². The van der Waals surface area contributed by atoms with Gasteiger partial charge in [-0.05, 0) is 32.4 Å². The van der Waals surface area contributed by atoms with Crippen LogP contribution in [-0.4, -0.2) is 30.0 Å². The van der Waals surface area contributed by atoms with E-state index in [1.54, 1.807) is 12.1 Å². The van der Waals surface area contributed by atoms with Gasteiger partial charge in [0.1, 0.15) is 18.5 Å². The summed E-state index contributed by atoms with van der Waals surface area (Å²) in [6.45, 7) is 6.47. The van der Waals surface area contributed by atoms with Crippen molar-refractivity contribution >= 4 is 5.69 Å². The van der Waals surface area contributed by atoms with E-state index in [1.165, 1.54) is 0 Å². The SMILES string of the molecule is CCC(C)(C)OCC(O)COc1ccccc1N. The standard InChI is InChI=1S/C14H23NO3/c1-4-14(2,3)18-10-11(16)9-17-13-8-6-5-7-12(13)15/h5-8,11,16H,4,9-10,15H2,1-3H3. The van der Waals surface area contributed by atoms with Gasteiger partial charge in [-0.2, -0.15) is 0 Å². The van der Waals surface area contributed by atoms with Crippen LogP contribution in [0.3, 0.4) is 0 Å². The lowest BCUT2D eigenvalue weighted by Crippen LogP contribution is -2.31. The number of anilines is 1. The summed E-state index contributed by atoms with van der Waals surface area (Å²) in [4.78, 5) is 0. The Labute approximate surface area is 109 Å². The Balaban J connectivity index is 2.34. The molecule has 0 amide bonds. The smallest absolute Gasteiger partial charge is 0.142 e. The van der Waals surface area contributed by atoms with Crippen LogP contribution in [-0.2, 0) is 4.74 Å². The van der Waals surface area contributed by atoms with Crippen molar-refractivity contribution in [2.75, 3.05) is 18.9 Å². The molecule has 1 atom stereocenters. The van der Waals surface area contributed by atoms with Gasteiger partial charge in [-0.1, -0.05) is 19.1 Å². The number of benzene rings is 1. The molecule has 0 radical (unpaired) electrons. The molecule has 1 rings (SSSR count). The van der Waals surface area contributed by atoms with Crippen LogP contribution in [0.15, 0.2) is 24.3 Å². The van der Waals surface area contributed by atoms with E-state index in [-0.39, 0.29) is 18.8 Å².